The van der Waals surface area contributed by atoms with Gasteiger partial charge in [0, 0.05) is 26.0 Å². The Balaban J connectivity index is 1.93. The highest BCUT2D eigenvalue weighted by Crippen LogP contribution is 2.12. The maximum atomic E-state index is 11.7. The van der Waals surface area contributed by atoms with Gasteiger partial charge in [0.05, 0.1) is 5.75 Å². The third kappa shape index (κ3) is 5.48. The summed E-state index contributed by atoms with van der Waals surface area (Å²) in [6.07, 6.45) is 4.96. The van der Waals surface area contributed by atoms with E-state index in [1.807, 2.05) is 31.0 Å². The van der Waals surface area contributed by atoms with Crippen molar-refractivity contribution in [3.05, 3.63) is 42.2 Å². The number of hydrogen-bond acceptors (Lipinski definition) is 6. The number of sulfonamides is 1. The van der Waals surface area contributed by atoms with Crippen molar-refractivity contribution in [1.29, 1.82) is 0 Å². The number of nitrogens with one attached hydrogen (secondary N) is 1. The van der Waals surface area contributed by atoms with Crippen molar-refractivity contribution in [3.8, 4) is 0 Å². The molecule has 1 N–H and O–H groups in total. The molecule has 2 aromatic rings. The van der Waals surface area contributed by atoms with E-state index in [2.05, 4.69) is 19.9 Å². The van der Waals surface area contributed by atoms with Gasteiger partial charge in [-0.1, -0.05) is 6.92 Å². The molecule has 0 bridgehead atoms. The summed E-state index contributed by atoms with van der Waals surface area (Å²) in [4.78, 5) is 5.96. The van der Waals surface area contributed by atoms with Gasteiger partial charge in [0.25, 0.3) is 0 Å². The van der Waals surface area contributed by atoms with Gasteiger partial charge in [-0.15, -0.1) is 10.2 Å². The van der Waals surface area contributed by atoms with Crippen molar-refractivity contribution in [1.82, 2.24) is 15.2 Å². The largest absolute Gasteiger partial charge is 0.358 e. The summed E-state index contributed by atoms with van der Waals surface area (Å²) in [7, 11) is -1.41. The third-order valence-corrected chi connectivity index (χ3v) is 4.73. The fraction of sp³-hybridized carbons (Fsp3) is 0.400. The van der Waals surface area contributed by atoms with Crippen LogP contribution < -0.4 is 9.62 Å². The van der Waals surface area contributed by atoms with Crippen LogP contribution in [-0.2, 0) is 16.4 Å². The summed E-state index contributed by atoms with van der Waals surface area (Å²) >= 11 is 0. The zero-order valence-electron chi connectivity index (χ0n) is 13.3. The smallest absolute Gasteiger partial charge is 0.233 e. The molecule has 0 aliphatic rings. The van der Waals surface area contributed by atoms with Crippen molar-refractivity contribution in [2.24, 2.45) is 0 Å². The first-order valence-electron chi connectivity index (χ1n) is 7.44. The number of anilines is 2. The van der Waals surface area contributed by atoms with Gasteiger partial charge in [-0.3, -0.25) is 9.71 Å². The van der Waals surface area contributed by atoms with Crippen LogP contribution in [0, 0.1) is 0 Å². The summed E-state index contributed by atoms with van der Waals surface area (Å²) in [5, 5.41) is 8.00. The van der Waals surface area contributed by atoms with Crippen molar-refractivity contribution >= 4 is 21.7 Å². The maximum Gasteiger partial charge on any atom is 0.233 e. The van der Waals surface area contributed by atoms with Gasteiger partial charge in [-0.2, -0.15) is 0 Å². The standard InChI is InChI=1S/C15H21N5O2S/c1-3-12-23(21,22)19-14-4-5-15(18-17-14)20(2)11-8-13-6-9-16-10-7-13/h4-7,9-10H,3,8,11-12H2,1-2H3,(H,17,19). The molecule has 0 aromatic carbocycles. The topological polar surface area (TPSA) is 88.1 Å². The summed E-state index contributed by atoms with van der Waals surface area (Å²) in [5.41, 5.74) is 1.20. The Hall–Kier alpha value is -2.22. The molecule has 0 atom stereocenters. The second-order valence-electron chi connectivity index (χ2n) is 5.22. The van der Waals surface area contributed by atoms with E-state index >= 15 is 0 Å². The van der Waals surface area contributed by atoms with E-state index in [-0.39, 0.29) is 11.6 Å². The average Bonchev–Trinajstić information content (AvgIpc) is 2.54. The SMILES string of the molecule is CCCS(=O)(=O)Nc1ccc(N(C)CCc2ccncc2)nn1. The molecule has 124 valence electrons. The minimum atomic E-state index is -3.34. The lowest BCUT2D eigenvalue weighted by atomic mass is 10.2. The van der Waals surface area contributed by atoms with E-state index in [9.17, 15) is 8.42 Å². The van der Waals surface area contributed by atoms with Gasteiger partial charge in [-0.25, -0.2) is 8.42 Å². The number of likely N-dealkylation sites (N-methyl/N-ethyl adjacent to an activating group) is 1. The lowest BCUT2D eigenvalue weighted by Crippen LogP contribution is -2.22. The van der Waals surface area contributed by atoms with Crippen LogP contribution in [-0.4, -0.2) is 42.9 Å². The lowest BCUT2D eigenvalue weighted by molar-refractivity contribution is 0.599. The van der Waals surface area contributed by atoms with Gasteiger partial charge in [0.15, 0.2) is 11.6 Å². The van der Waals surface area contributed by atoms with Crippen molar-refractivity contribution in [3.63, 3.8) is 0 Å². The molecule has 2 heterocycles. The van der Waals surface area contributed by atoms with Crippen molar-refractivity contribution in [2.45, 2.75) is 19.8 Å². The van der Waals surface area contributed by atoms with Crippen LogP contribution in [0.3, 0.4) is 0 Å². The molecule has 0 amide bonds. The number of aromatic nitrogens is 3. The molecular formula is C15H21N5O2S. The highest BCUT2D eigenvalue weighted by molar-refractivity contribution is 7.92. The molecule has 2 rings (SSSR count). The van der Waals surface area contributed by atoms with Gasteiger partial charge in [0.1, 0.15) is 0 Å². The Bertz CT molecular complexity index is 704. The van der Waals surface area contributed by atoms with Gasteiger partial charge in [-0.05, 0) is 42.7 Å². The predicted molar refractivity (Wildman–Crippen MR) is 90.9 cm³/mol. The van der Waals surface area contributed by atoms with E-state index in [0.29, 0.717) is 12.2 Å². The molecule has 0 unspecified atom stereocenters. The Labute approximate surface area is 136 Å². The fourth-order valence-electron chi connectivity index (χ4n) is 2.02. The first-order chi connectivity index (χ1) is 11.0. The molecular weight excluding hydrogens is 314 g/mol. The molecule has 0 fully saturated rings. The number of pyridine rings is 1. The lowest BCUT2D eigenvalue weighted by Gasteiger charge is -2.17. The number of nitrogens with zero attached hydrogens (tertiary/aromatic N) is 4. The Morgan fingerprint density at radius 3 is 2.48 bits per heavy atom. The summed E-state index contributed by atoms with van der Waals surface area (Å²) in [6.45, 7) is 2.59. The van der Waals surface area contributed by atoms with E-state index in [0.717, 1.165) is 13.0 Å². The van der Waals surface area contributed by atoms with E-state index in [4.69, 9.17) is 0 Å². The molecule has 23 heavy (non-hydrogen) atoms. The highest BCUT2D eigenvalue weighted by Gasteiger charge is 2.10. The molecule has 0 spiro atoms. The minimum absolute atomic E-state index is 0.0717. The van der Waals surface area contributed by atoms with Crippen LogP contribution in [0.4, 0.5) is 11.6 Å². The average molecular weight is 335 g/mol. The quantitative estimate of drug-likeness (QED) is 0.790. The first-order valence-corrected chi connectivity index (χ1v) is 9.09. The van der Waals surface area contributed by atoms with Crippen LogP contribution in [0.1, 0.15) is 18.9 Å². The highest BCUT2D eigenvalue weighted by atomic mass is 32.2. The van der Waals surface area contributed by atoms with Crippen LogP contribution in [0.15, 0.2) is 36.7 Å². The Morgan fingerprint density at radius 1 is 1.13 bits per heavy atom. The van der Waals surface area contributed by atoms with Gasteiger partial charge >= 0.3 is 0 Å². The molecule has 7 nitrogen and oxygen atoms in total. The molecule has 2 aromatic heterocycles. The van der Waals surface area contributed by atoms with Gasteiger partial charge in [0.2, 0.25) is 10.0 Å². The zero-order valence-corrected chi connectivity index (χ0v) is 14.1. The number of hydrogen-bond donors (Lipinski definition) is 1. The van der Waals surface area contributed by atoms with Crippen LogP contribution >= 0.6 is 0 Å². The molecule has 0 saturated heterocycles. The predicted octanol–water partition coefficient (Wildman–Crippen LogP) is 1.70. The maximum absolute atomic E-state index is 11.7. The zero-order chi connectivity index (χ0) is 16.7. The van der Waals surface area contributed by atoms with Gasteiger partial charge < -0.3 is 4.90 Å². The monoisotopic (exact) mass is 335 g/mol. The Morgan fingerprint density at radius 2 is 1.87 bits per heavy atom. The Kier molecular flexibility index (Phi) is 5.86. The van der Waals surface area contributed by atoms with Crippen LogP contribution in [0.25, 0.3) is 0 Å². The fourth-order valence-corrected chi connectivity index (χ4v) is 3.09. The van der Waals surface area contributed by atoms with E-state index < -0.39 is 10.0 Å². The molecule has 0 aliphatic carbocycles. The second kappa shape index (κ2) is 7.87. The van der Waals surface area contributed by atoms with Crippen molar-refractivity contribution < 1.29 is 8.42 Å². The molecule has 8 heteroatoms. The van der Waals surface area contributed by atoms with E-state index in [1.54, 1.807) is 24.5 Å². The summed E-state index contributed by atoms with van der Waals surface area (Å²) < 4.78 is 25.8. The molecule has 0 saturated carbocycles. The molecule has 0 radical (unpaired) electrons. The normalized spacial score (nSPS) is 11.2. The second-order valence-corrected chi connectivity index (χ2v) is 7.07. The third-order valence-electron chi connectivity index (χ3n) is 3.26. The molecule has 0 aliphatic heterocycles. The number of rotatable bonds is 8. The van der Waals surface area contributed by atoms with Crippen molar-refractivity contribution in [2.75, 3.05) is 29.0 Å². The first kappa shape index (κ1) is 17.1. The minimum Gasteiger partial charge on any atom is -0.358 e. The van der Waals surface area contributed by atoms with E-state index in [1.165, 1.54) is 5.56 Å². The van der Waals surface area contributed by atoms with Crippen LogP contribution in [0.5, 0.6) is 0 Å². The van der Waals surface area contributed by atoms with Crippen LogP contribution in [0.2, 0.25) is 0 Å². The summed E-state index contributed by atoms with van der Waals surface area (Å²) in [5.74, 6) is 1.00. The summed E-state index contributed by atoms with van der Waals surface area (Å²) in [6, 6.07) is 7.33.